The smallest absolute Gasteiger partial charge is 0.323 e. The average molecular weight is 366 g/mol. The number of rotatable bonds is 7. The van der Waals surface area contributed by atoms with Crippen molar-refractivity contribution >= 4 is 16.7 Å². The van der Waals surface area contributed by atoms with Gasteiger partial charge in [-0.25, -0.2) is 9.37 Å². The molecule has 2 aromatic rings. The third kappa shape index (κ3) is 3.78. The van der Waals surface area contributed by atoms with E-state index in [2.05, 4.69) is 21.9 Å². The van der Waals surface area contributed by atoms with Gasteiger partial charge in [0.05, 0.1) is 12.2 Å². The summed E-state index contributed by atoms with van der Waals surface area (Å²) in [6, 6.07) is -0.307. The second kappa shape index (κ2) is 7.96. The molecule has 0 spiro atoms. The monoisotopic (exact) mass is 366 g/mol. The van der Waals surface area contributed by atoms with Gasteiger partial charge in [-0.3, -0.25) is 0 Å². The van der Waals surface area contributed by atoms with E-state index in [0.29, 0.717) is 30.9 Å². The molecule has 0 fully saturated rings. The summed E-state index contributed by atoms with van der Waals surface area (Å²) >= 11 is 0. The maximum Gasteiger partial charge on any atom is 0.323 e. The second-order valence-corrected chi connectivity index (χ2v) is 6.21. The van der Waals surface area contributed by atoms with Gasteiger partial charge in [-0.15, -0.1) is 0 Å². The Hall–Kier alpha value is -2.26. The summed E-state index contributed by atoms with van der Waals surface area (Å²) in [5, 5.41) is 18.5. The van der Waals surface area contributed by atoms with Crippen molar-refractivity contribution in [3.05, 3.63) is 11.5 Å². The van der Waals surface area contributed by atoms with Crippen LogP contribution in [0.3, 0.4) is 0 Å². The minimum atomic E-state index is -2.09. The zero-order valence-electron chi connectivity index (χ0n) is 14.9. The van der Waals surface area contributed by atoms with Crippen LogP contribution in [0.15, 0.2) is 0 Å². The normalized spacial score (nSPS) is 13.8. The van der Waals surface area contributed by atoms with E-state index in [1.807, 2.05) is 4.90 Å². The Balaban J connectivity index is 2.08. The van der Waals surface area contributed by atoms with Crippen molar-refractivity contribution in [2.75, 3.05) is 24.6 Å². The minimum Gasteiger partial charge on any atom is -0.475 e. The maximum atomic E-state index is 14.6. The molecule has 0 radical (unpaired) electrons. The number of aliphatic hydroxyl groups is 2. The first kappa shape index (κ1) is 18.5. The van der Waals surface area contributed by atoms with Crippen molar-refractivity contribution in [2.45, 2.75) is 46.0 Å². The Kier molecular flexibility index (Phi) is 5.67. The lowest BCUT2D eigenvalue weighted by Gasteiger charge is -2.22. The predicted octanol–water partition coefficient (Wildman–Crippen LogP) is 1.90. The van der Waals surface area contributed by atoms with Crippen molar-refractivity contribution in [2.24, 2.45) is 0 Å². The first-order valence-corrected chi connectivity index (χ1v) is 8.79. The highest BCUT2D eigenvalue weighted by molar-refractivity contribution is 5.95. The highest BCUT2D eigenvalue weighted by Gasteiger charge is 2.26. The number of halogens is 1. The predicted molar refractivity (Wildman–Crippen MR) is 92.7 cm³/mol. The number of anilines is 1. The Morgan fingerprint density at radius 3 is 2.77 bits per heavy atom. The molecule has 1 aliphatic heterocycles. The molecule has 0 unspecified atom stereocenters. The van der Waals surface area contributed by atoms with Crippen LogP contribution in [-0.2, 0) is 0 Å². The maximum absolute atomic E-state index is 14.6. The van der Waals surface area contributed by atoms with Crippen LogP contribution in [0, 0.1) is 12.7 Å². The molecule has 9 heteroatoms. The van der Waals surface area contributed by atoms with Gasteiger partial charge in [-0.1, -0.05) is 26.2 Å². The van der Waals surface area contributed by atoms with Gasteiger partial charge in [-0.2, -0.15) is 9.97 Å². The number of hydrogen-bond acceptors (Lipinski definition) is 8. The van der Waals surface area contributed by atoms with Crippen LogP contribution < -0.4 is 14.4 Å². The van der Waals surface area contributed by atoms with Crippen molar-refractivity contribution in [1.29, 1.82) is 0 Å². The SMILES string of the molecule is CCCCCCN1CCOc2nc(C)c(F)c3nc(OC(O)O)nc1c23. The molecular formula is C17H23FN4O4. The van der Waals surface area contributed by atoms with Gasteiger partial charge in [0.25, 0.3) is 0 Å². The number of nitrogens with zero attached hydrogens (tertiary/aromatic N) is 4. The summed E-state index contributed by atoms with van der Waals surface area (Å²) in [5.41, 5.74) is 0.137. The second-order valence-electron chi connectivity index (χ2n) is 6.21. The van der Waals surface area contributed by atoms with Gasteiger partial charge in [0, 0.05) is 6.54 Å². The topological polar surface area (TPSA) is 101 Å². The standard InChI is InChI=1S/C17H23FN4O4/c1-3-4-5-6-7-22-8-9-25-15-11-13(12(18)10(2)19-15)20-16(21-14(11)22)26-17(23)24/h17,23-24H,3-9H2,1-2H3. The van der Waals surface area contributed by atoms with E-state index in [1.165, 1.54) is 6.92 Å². The van der Waals surface area contributed by atoms with E-state index < -0.39 is 12.3 Å². The van der Waals surface area contributed by atoms with Crippen LogP contribution in [0.25, 0.3) is 10.9 Å². The summed E-state index contributed by atoms with van der Waals surface area (Å²) in [6.45, 7) is 3.22. The lowest BCUT2D eigenvalue weighted by Crippen LogP contribution is -2.29. The van der Waals surface area contributed by atoms with Crippen LogP contribution in [0.1, 0.15) is 38.3 Å². The Bertz CT molecular complexity index is 787. The third-order valence-electron chi connectivity index (χ3n) is 4.27. The molecule has 0 atom stereocenters. The van der Waals surface area contributed by atoms with Crippen LogP contribution >= 0.6 is 0 Å². The fourth-order valence-corrected chi connectivity index (χ4v) is 3.00. The fraction of sp³-hybridized carbons (Fsp3) is 0.588. The van der Waals surface area contributed by atoms with E-state index >= 15 is 0 Å². The molecule has 0 saturated carbocycles. The van der Waals surface area contributed by atoms with Crippen molar-refractivity contribution in [1.82, 2.24) is 15.0 Å². The summed E-state index contributed by atoms with van der Waals surface area (Å²) in [4.78, 5) is 14.4. The number of hydrogen-bond donors (Lipinski definition) is 2. The molecule has 8 nitrogen and oxygen atoms in total. The molecule has 1 aliphatic rings. The summed E-state index contributed by atoms with van der Waals surface area (Å²) in [5.74, 6) is 0.100. The van der Waals surface area contributed by atoms with Crippen LogP contribution in [-0.4, -0.2) is 51.3 Å². The number of pyridine rings is 1. The van der Waals surface area contributed by atoms with E-state index in [-0.39, 0.29) is 23.1 Å². The number of aryl methyl sites for hydroxylation is 1. The molecular weight excluding hydrogens is 343 g/mol. The van der Waals surface area contributed by atoms with Gasteiger partial charge in [0.1, 0.15) is 23.3 Å². The molecule has 0 bridgehead atoms. The lowest BCUT2D eigenvalue weighted by atomic mass is 10.2. The molecule has 2 aromatic heterocycles. The lowest BCUT2D eigenvalue weighted by molar-refractivity contribution is -0.183. The number of unbranched alkanes of at least 4 members (excludes halogenated alkanes) is 3. The molecule has 0 amide bonds. The fourth-order valence-electron chi connectivity index (χ4n) is 3.00. The van der Waals surface area contributed by atoms with Crippen molar-refractivity contribution in [3.8, 4) is 11.9 Å². The molecule has 0 aliphatic carbocycles. The highest BCUT2D eigenvalue weighted by Crippen LogP contribution is 2.36. The first-order chi connectivity index (χ1) is 12.5. The Labute approximate surface area is 150 Å². The van der Waals surface area contributed by atoms with E-state index in [1.54, 1.807) is 0 Å². The quantitative estimate of drug-likeness (QED) is 0.566. The van der Waals surface area contributed by atoms with Crippen molar-refractivity contribution in [3.63, 3.8) is 0 Å². The Morgan fingerprint density at radius 2 is 2.04 bits per heavy atom. The van der Waals surface area contributed by atoms with Crippen molar-refractivity contribution < 1.29 is 24.1 Å². The van der Waals surface area contributed by atoms with Crippen LogP contribution in [0.2, 0.25) is 0 Å². The minimum absolute atomic E-state index is 0.00592. The average Bonchev–Trinajstić information content (AvgIpc) is 2.76. The van der Waals surface area contributed by atoms with Gasteiger partial charge in [0.15, 0.2) is 5.82 Å². The third-order valence-corrected chi connectivity index (χ3v) is 4.27. The molecule has 3 rings (SSSR count). The summed E-state index contributed by atoms with van der Waals surface area (Å²) in [6.07, 6.45) is 4.30. The summed E-state index contributed by atoms with van der Waals surface area (Å²) < 4.78 is 25.1. The Morgan fingerprint density at radius 1 is 1.23 bits per heavy atom. The zero-order valence-corrected chi connectivity index (χ0v) is 14.9. The molecule has 0 aromatic carbocycles. The van der Waals surface area contributed by atoms with E-state index in [4.69, 9.17) is 19.7 Å². The van der Waals surface area contributed by atoms with Gasteiger partial charge in [-0.05, 0) is 13.3 Å². The van der Waals surface area contributed by atoms with Gasteiger partial charge >= 0.3 is 12.5 Å². The van der Waals surface area contributed by atoms with Gasteiger partial charge < -0.3 is 24.6 Å². The first-order valence-electron chi connectivity index (χ1n) is 8.79. The highest BCUT2D eigenvalue weighted by atomic mass is 19.1. The zero-order chi connectivity index (χ0) is 18.7. The van der Waals surface area contributed by atoms with Crippen LogP contribution in [0.5, 0.6) is 11.9 Å². The van der Waals surface area contributed by atoms with E-state index in [0.717, 1.165) is 25.7 Å². The molecule has 142 valence electrons. The summed E-state index contributed by atoms with van der Waals surface area (Å²) in [7, 11) is 0. The van der Waals surface area contributed by atoms with Gasteiger partial charge in [0.2, 0.25) is 5.88 Å². The number of aliphatic hydroxyl groups excluding tert-OH is 1. The van der Waals surface area contributed by atoms with Crippen LogP contribution in [0.4, 0.5) is 10.2 Å². The largest absolute Gasteiger partial charge is 0.475 e. The number of aromatic nitrogens is 3. The molecule has 0 saturated heterocycles. The van der Waals surface area contributed by atoms with E-state index in [9.17, 15) is 4.39 Å². The molecule has 26 heavy (non-hydrogen) atoms. The molecule has 3 heterocycles. The number of ether oxygens (including phenoxy) is 2. The molecule has 2 N–H and O–H groups in total.